The summed E-state index contributed by atoms with van der Waals surface area (Å²) in [6, 6.07) is 5.93. The van der Waals surface area contributed by atoms with Gasteiger partial charge in [0, 0.05) is 51.2 Å². The number of amides is 1. The van der Waals surface area contributed by atoms with E-state index >= 15 is 0 Å². The normalized spacial score (nSPS) is 16.7. The Morgan fingerprint density at radius 2 is 2.04 bits per heavy atom. The average molecular weight is 342 g/mol. The number of hydrogen-bond donors (Lipinski definition) is 1. The molecule has 1 atom stereocenters. The van der Waals surface area contributed by atoms with Crippen LogP contribution in [0.3, 0.4) is 0 Å². The Labute approximate surface area is 148 Å². The van der Waals surface area contributed by atoms with E-state index in [1.807, 2.05) is 51.5 Å². The summed E-state index contributed by atoms with van der Waals surface area (Å²) in [5.41, 5.74) is 2.02. The van der Waals surface area contributed by atoms with Crippen molar-refractivity contribution in [2.24, 2.45) is 7.05 Å². The second-order valence-electron chi connectivity index (χ2n) is 6.58. The summed E-state index contributed by atoms with van der Waals surface area (Å²) in [7, 11) is 1.89. The van der Waals surface area contributed by atoms with Crippen LogP contribution >= 0.6 is 0 Å². The summed E-state index contributed by atoms with van der Waals surface area (Å²) in [5.74, 6) is 1.06. The van der Waals surface area contributed by atoms with Crippen molar-refractivity contribution >= 4 is 11.7 Å². The highest BCUT2D eigenvalue weighted by atomic mass is 16.2. The quantitative estimate of drug-likeness (QED) is 0.882. The number of rotatable bonds is 5. The molecule has 1 fully saturated rings. The van der Waals surface area contributed by atoms with Gasteiger partial charge in [-0.15, -0.1) is 0 Å². The van der Waals surface area contributed by atoms with Crippen molar-refractivity contribution in [1.29, 1.82) is 0 Å². The number of aromatic nitrogens is 3. The first-order chi connectivity index (χ1) is 12.0. The van der Waals surface area contributed by atoms with Gasteiger partial charge < -0.3 is 10.2 Å². The van der Waals surface area contributed by atoms with Crippen LogP contribution in [0.2, 0.25) is 0 Å². The van der Waals surface area contributed by atoms with Gasteiger partial charge in [0.25, 0.3) is 0 Å². The maximum atomic E-state index is 12.4. The fourth-order valence-corrected chi connectivity index (χ4v) is 3.29. The van der Waals surface area contributed by atoms with Crippen molar-refractivity contribution in [3.05, 3.63) is 41.9 Å². The van der Waals surface area contributed by atoms with Gasteiger partial charge >= 0.3 is 0 Å². The van der Waals surface area contributed by atoms with Crippen molar-refractivity contribution in [3.63, 3.8) is 0 Å². The molecule has 0 bridgehead atoms. The minimum atomic E-state index is -0.0315. The molecule has 3 heterocycles. The van der Waals surface area contributed by atoms with Crippen LogP contribution in [-0.4, -0.2) is 58.3 Å². The zero-order chi connectivity index (χ0) is 17.8. The number of anilines is 1. The first-order valence-electron chi connectivity index (χ1n) is 8.71. The molecule has 0 aromatic carbocycles. The van der Waals surface area contributed by atoms with E-state index in [-0.39, 0.29) is 11.9 Å². The molecule has 3 rings (SSSR count). The van der Waals surface area contributed by atoms with Crippen LogP contribution in [0.15, 0.2) is 30.6 Å². The van der Waals surface area contributed by atoms with E-state index in [2.05, 4.69) is 25.2 Å². The number of hydrogen-bond acceptors (Lipinski definition) is 5. The highest BCUT2D eigenvalue weighted by molar-refractivity contribution is 5.78. The van der Waals surface area contributed by atoms with Gasteiger partial charge in [-0.2, -0.15) is 5.10 Å². The van der Waals surface area contributed by atoms with E-state index in [0.29, 0.717) is 6.54 Å². The van der Waals surface area contributed by atoms with Crippen LogP contribution < -0.4 is 10.2 Å². The molecule has 134 valence electrons. The molecule has 0 saturated carbocycles. The highest BCUT2D eigenvalue weighted by Crippen LogP contribution is 2.16. The zero-order valence-electron chi connectivity index (χ0n) is 15.1. The third-order valence-electron chi connectivity index (χ3n) is 4.61. The van der Waals surface area contributed by atoms with Gasteiger partial charge in [-0.1, -0.05) is 6.07 Å². The predicted octanol–water partition coefficient (Wildman–Crippen LogP) is 1.12. The van der Waals surface area contributed by atoms with E-state index in [1.54, 1.807) is 4.68 Å². The van der Waals surface area contributed by atoms with E-state index in [9.17, 15) is 4.79 Å². The summed E-state index contributed by atoms with van der Waals surface area (Å²) >= 11 is 0. The molecule has 7 nitrogen and oxygen atoms in total. The molecule has 1 saturated heterocycles. The molecule has 1 N–H and O–H groups in total. The Morgan fingerprint density at radius 1 is 1.28 bits per heavy atom. The highest BCUT2D eigenvalue weighted by Gasteiger charge is 2.21. The van der Waals surface area contributed by atoms with Crippen LogP contribution in [0.4, 0.5) is 5.82 Å². The number of pyridine rings is 1. The van der Waals surface area contributed by atoms with Crippen LogP contribution in [0.1, 0.15) is 24.2 Å². The minimum Gasteiger partial charge on any atom is -0.354 e. The van der Waals surface area contributed by atoms with Gasteiger partial charge in [-0.05, 0) is 26.0 Å². The summed E-state index contributed by atoms with van der Waals surface area (Å²) < 4.78 is 1.78. The van der Waals surface area contributed by atoms with E-state index in [4.69, 9.17) is 0 Å². The molecule has 1 aliphatic heterocycles. The van der Waals surface area contributed by atoms with E-state index in [1.165, 1.54) is 0 Å². The van der Waals surface area contributed by atoms with Crippen LogP contribution in [-0.2, 0) is 11.8 Å². The number of carbonyl (C=O) groups is 1. The van der Waals surface area contributed by atoms with Crippen molar-refractivity contribution in [3.8, 4) is 0 Å². The lowest BCUT2D eigenvalue weighted by Gasteiger charge is -2.35. The lowest BCUT2D eigenvalue weighted by atomic mass is 10.1. The fraction of sp³-hybridized carbons (Fsp3) is 0.500. The Kier molecular flexibility index (Phi) is 5.33. The molecule has 2 aromatic heterocycles. The number of carbonyl (C=O) groups excluding carboxylic acids is 1. The summed E-state index contributed by atoms with van der Waals surface area (Å²) in [6.07, 6.45) is 3.78. The molecule has 25 heavy (non-hydrogen) atoms. The van der Waals surface area contributed by atoms with Gasteiger partial charge in [0.05, 0.1) is 18.3 Å². The molecule has 1 unspecified atom stereocenters. The predicted molar refractivity (Wildman–Crippen MR) is 97.4 cm³/mol. The van der Waals surface area contributed by atoms with Gasteiger partial charge in [0.2, 0.25) is 5.91 Å². The molecule has 2 aromatic rings. The Balaban J connectivity index is 1.47. The van der Waals surface area contributed by atoms with Crippen LogP contribution in [0, 0.1) is 6.92 Å². The summed E-state index contributed by atoms with van der Waals surface area (Å²) in [5, 5.41) is 7.42. The zero-order valence-corrected chi connectivity index (χ0v) is 15.1. The summed E-state index contributed by atoms with van der Waals surface area (Å²) in [4.78, 5) is 21.2. The number of piperazine rings is 1. The lowest BCUT2D eigenvalue weighted by molar-refractivity contribution is -0.123. The van der Waals surface area contributed by atoms with E-state index < -0.39 is 0 Å². The van der Waals surface area contributed by atoms with Gasteiger partial charge in [-0.3, -0.25) is 14.4 Å². The molecular weight excluding hydrogens is 316 g/mol. The third kappa shape index (κ3) is 4.36. The minimum absolute atomic E-state index is 0.0315. The van der Waals surface area contributed by atoms with Crippen molar-refractivity contribution in [2.75, 3.05) is 37.6 Å². The van der Waals surface area contributed by atoms with Gasteiger partial charge in [0.1, 0.15) is 5.82 Å². The maximum Gasteiger partial charge on any atom is 0.234 e. The molecule has 1 amide bonds. The second kappa shape index (κ2) is 7.65. The molecule has 0 spiro atoms. The Morgan fingerprint density at radius 3 is 2.64 bits per heavy atom. The van der Waals surface area contributed by atoms with Crippen molar-refractivity contribution < 1.29 is 4.79 Å². The Hall–Kier alpha value is -2.41. The standard InChI is InChI=1S/C18H26N6O/c1-14(16-12-22(3)21-15(16)2)20-18(25)13-23-8-10-24(11-9-23)17-6-4-5-7-19-17/h4-7,12,14H,8-11,13H2,1-3H3,(H,20,25). The smallest absolute Gasteiger partial charge is 0.234 e. The van der Waals surface area contributed by atoms with Crippen molar-refractivity contribution in [1.82, 2.24) is 25.0 Å². The molecule has 7 heteroatoms. The average Bonchev–Trinajstić information content (AvgIpc) is 2.95. The molecular formula is C18H26N6O. The SMILES string of the molecule is Cc1nn(C)cc1C(C)NC(=O)CN1CCN(c2ccccn2)CC1. The summed E-state index contributed by atoms with van der Waals surface area (Å²) in [6.45, 7) is 7.91. The van der Waals surface area contributed by atoms with E-state index in [0.717, 1.165) is 43.3 Å². The lowest BCUT2D eigenvalue weighted by Crippen LogP contribution is -2.49. The number of nitrogens with one attached hydrogen (secondary N) is 1. The second-order valence-corrected chi connectivity index (χ2v) is 6.58. The van der Waals surface area contributed by atoms with Gasteiger partial charge in [-0.25, -0.2) is 4.98 Å². The molecule has 0 aliphatic carbocycles. The molecule has 1 aliphatic rings. The molecule has 0 radical (unpaired) electrons. The Bertz CT molecular complexity index is 706. The third-order valence-corrected chi connectivity index (χ3v) is 4.61. The number of aryl methyl sites for hydroxylation is 2. The maximum absolute atomic E-state index is 12.4. The van der Waals surface area contributed by atoms with Crippen LogP contribution in [0.5, 0.6) is 0 Å². The fourth-order valence-electron chi connectivity index (χ4n) is 3.29. The first kappa shape index (κ1) is 17.4. The van der Waals surface area contributed by atoms with Crippen molar-refractivity contribution in [2.45, 2.75) is 19.9 Å². The largest absolute Gasteiger partial charge is 0.354 e. The van der Waals surface area contributed by atoms with Crippen LogP contribution in [0.25, 0.3) is 0 Å². The first-order valence-corrected chi connectivity index (χ1v) is 8.71. The van der Waals surface area contributed by atoms with Gasteiger partial charge in [0.15, 0.2) is 0 Å². The topological polar surface area (TPSA) is 66.3 Å². The monoisotopic (exact) mass is 342 g/mol. The number of nitrogens with zero attached hydrogens (tertiary/aromatic N) is 5.